The van der Waals surface area contributed by atoms with Crippen molar-refractivity contribution in [3.8, 4) is 0 Å². The molecule has 24 heavy (non-hydrogen) atoms. The molecule has 0 radical (unpaired) electrons. The summed E-state index contributed by atoms with van der Waals surface area (Å²) in [6, 6.07) is -0.160. The number of hydrogen-bond acceptors (Lipinski definition) is 7. The summed E-state index contributed by atoms with van der Waals surface area (Å²) >= 11 is 1.65. The lowest BCUT2D eigenvalue weighted by atomic mass is 10.0. The van der Waals surface area contributed by atoms with E-state index < -0.39 is 6.10 Å². The number of carbonyl (C=O) groups is 1. The van der Waals surface area contributed by atoms with Gasteiger partial charge in [-0.05, 0) is 13.3 Å². The van der Waals surface area contributed by atoms with Crippen molar-refractivity contribution in [2.45, 2.75) is 32.0 Å². The Labute approximate surface area is 146 Å². The predicted octanol–water partition coefficient (Wildman–Crippen LogP) is -0.165. The number of aliphatic hydroxyl groups is 1. The van der Waals surface area contributed by atoms with E-state index in [-0.39, 0.29) is 11.9 Å². The van der Waals surface area contributed by atoms with Crippen molar-refractivity contribution >= 4 is 17.2 Å². The van der Waals surface area contributed by atoms with E-state index in [0.717, 1.165) is 43.3 Å². The number of piperidine rings is 1. The molecule has 0 saturated carbocycles. The number of nitrogens with one attached hydrogen (secondary N) is 1. The molecule has 0 spiro atoms. The van der Waals surface area contributed by atoms with Gasteiger partial charge in [0.05, 0.1) is 42.6 Å². The topological polar surface area (TPSA) is 77.9 Å². The Morgan fingerprint density at radius 1 is 1.42 bits per heavy atom. The zero-order valence-corrected chi connectivity index (χ0v) is 14.9. The Balaban J connectivity index is 1.42. The second-order valence-corrected chi connectivity index (χ2v) is 7.57. The molecule has 134 valence electrons. The lowest BCUT2D eigenvalue weighted by Gasteiger charge is -2.36. The molecule has 1 aromatic rings. The molecule has 3 rings (SSSR count). The van der Waals surface area contributed by atoms with Gasteiger partial charge in [0.25, 0.3) is 0 Å². The van der Waals surface area contributed by atoms with E-state index in [4.69, 9.17) is 4.74 Å². The number of thiazole rings is 1. The van der Waals surface area contributed by atoms with Crippen LogP contribution >= 0.6 is 11.3 Å². The number of morpholine rings is 1. The SMILES string of the molecule is Cc1nc(CN2CC[C@@H](NC(=O)CN3CCOCC3)[C@H](O)C2)cs1. The van der Waals surface area contributed by atoms with Crippen molar-refractivity contribution < 1.29 is 14.6 Å². The van der Waals surface area contributed by atoms with E-state index in [1.54, 1.807) is 11.3 Å². The minimum absolute atomic E-state index is 0.00970. The molecule has 0 aliphatic carbocycles. The fourth-order valence-electron chi connectivity index (χ4n) is 3.23. The third-order valence-corrected chi connectivity index (χ3v) is 5.36. The number of aliphatic hydroxyl groups excluding tert-OH is 1. The summed E-state index contributed by atoms with van der Waals surface area (Å²) in [6.45, 7) is 7.52. The first-order valence-electron chi connectivity index (χ1n) is 8.51. The van der Waals surface area contributed by atoms with Crippen molar-refractivity contribution in [2.75, 3.05) is 45.9 Å². The Bertz CT molecular complexity index is 547. The van der Waals surface area contributed by atoms with E-state index in [2.05, 4.69) is 25.5 Å². The van der Waals surface area contributed by atoms with Crippen LogP contribution in [0.15, 0.2) is 5.38 Å². The van der Waals surface area contributed by atoms with Gasteiger partial charge < -0.3 is 15.2 Å². The van der Waals surface area contributed by atoms with Crippen molar-refractivity contribution in [1.82, 2.24) is 20.1 Å². The van der Waals surface area contributed by atoms with Crippen LogP contribution in [0.2, 0.25) is 0 Å². The standard InChI is InChI=1S/C16H26N4O3S/c1-12-17-13(11-24-12)8-20-3-2-14(15(21)9-20)18-16(22)10-19-4-6-23-7-5-19/h11,14-15,21H,2-10H2,1H3,(H,18,22)/t14-,15-/m1/s1. The third kappa shape index (κ3) is 4.97. The summed E-state index contributed by atoms with van der Waals surface area (Å²) in [5.41, 5.74) is 1.06. The summed E-state index contributed by atoms with van der Waals surface area (Å²) < 4.78 is 5.29. The van der Waals surface area contributed by atoms with Gasteiger partial charge in [0.15, 0.2) is 0 Å². The van der Waals surface area contributed by atoms with Crippen LogP contribution in [0.4, 0.5) is 0 Å². The number of carbonyl (C=O) groups excluding carboxylic acids is 1. The van der Waals surface area contributed by atoms with Crippen LogP contribution in [-0.4, -0.2) is 83.9 Å². The van der Waals surface area contributed by atoms with Crippen LogP contribution in [0.3, 0.4) is 0 Å². The molecule has 2 fully saturated rings. The average molecular weight is 354 g/mol. The van der Waals surface area contributed by atoms with Gasteiger partial charge in [-0.3, -0.25) is 14.6 Å². The number of amides is 1. The highest BCUT2D eigenvalue weighted by Crippen LogP contribution is 2.16. The van der Waals surface area contributed by atoms with E-state index in [1.165, 1.54) is 0 Å². The van der Waals surface area contributed by atoms with Gasteiger partial charge in [0, 0.05) is 38.1 Å². The molecule has 0 unspecified atom stereocenters. The smallest absolute Gasteiger partial charge is 0.234 e. The quantitative estimate of drug-likeness (QED) is 0.765. The van der Waals surface area contributed by atoms with Gasteiger partial charge in [0.2, 0.25) is 5.91 Å². The van der Waals surface area contributed by atoms with Gasteiger partial charge in [-0.15, -0.1) is 11.3 Å². The number of likely N-dealkylation sites (tertiary alicyclic amines) is 1. The molecular weight excluding hydrogens is 328 g/mol. The molecule has 2 N–H and O–H groups in total. The Morgan fingerprint density at radius 3 is 2.88 bits per heavy atom. The van der Waals surface area contributed by atoms with Crippen molar-refractivity contribution in [3.63, 3.8) is 0 Å². The maximum absolute atomic E-state index is 12.2. The maximum atomic E-state index is 12.2. The third-order valence-electron chi connectivity index (χ3n) is 4.54. The largest absolute Gasteiger partial charge is 0.390 e. The molecule has 7 nitrogen and oxygen atoms in total. The first kappa shape index (κ1) is 17.8. The molecular formula is C16H26N4O3S. The van der Waals surface area contributed by atoms with Gasteiger partial charge in [-0.25, -0.2) is 4.98 Å². The molecule has 2 saturated heterocycles. The number of β-amino-alcohol motifs (C(OH)–C–C–N with tert-alkyl or cyclic N) is 1. The summed E-state index contributed by atoms with van der Waals surface area (Å²) in [6.07, 6.45) is 0.228. The molecule has 0 aromatic carbocycles. The first-order valence-corrected chi connectivity index (χ1v) is 9.39. The lowest BCUT2D eigenvalue weighted by molar-refractivity contribution is -0.125. The van der Waals surface area contributed by atoms with Crippen LogP contribution < -0.4 is 5.32 Å². The monoisotopic (exact) mass is 354 g/mol. The van der Waals surface area contributed by atoms with Crippen LogP contribution in [0, 0.1) is 6.92 Å². The van der Waals surface area contributed by atoms with Gasteiger partial charge >= 0.3 is 0 Å². The van der Waals surface area contributed by atoms with Gasteiger partial charge in [0.1, 0.15) is 0 Å². The molecule has 8 heteroatoms. The normalized spacial score (nSPS) is 26.4. The molecule has 2 atom stereocenters. The van der Waals surface area contributed by atoms with E-state index in [9.17, 15) is 9.90 Å². The lowest BCUT2D eigenvalue weighted by Crippen LogP contribution is -2.55. The highest BCUT2D eigenvalue weighted by molar-refractivity contribution is 7.09. The van der Waals surface area contributed by atoms with Crippen LogP contribution in [0.25, 0.3) is 0 Å². The molecule has 0 bridgehead atoms. The number of ether oxygens (including phenoxy) is 1. The minimum atomic E-state index is -0.535. The Hall–Kier alpha value is -1.06. The molecule has 2 aliphatic rings. The predicted molar refractivity (Wildman–Crippen MR) is 91.9 cm³/mol. The summed E-state index contributed by atoms with van der Waals surface area (Å²) in [5.74, 6) is -0.00970. The number of hydrogen-bond donors (Lipinski definition) is 2. The molecule has 1 aromatic heterocycles. The second-order valence-electron chi connectivity index (χ2n) is 6.51. The van der Waals surface area contributed by atoms with Gasteiger partial charge in [-0.2, -0.15) is 0 Å². The summed E-state index contributed by atoms with van der Waals surface area (Å²) in [7, 11) is 0. The second kappa shape index (κ2) is 8.35. The van der Waals surface area contributed by atoms with Crippen LogP contribution in [0.5, 0.6) is 0 Å². The van der Waals surface area contributed by atoms with Crippen molar-refractivity contribution in [3.05, 3.63) is 16.1 Å². The number of nitrogens with zero attached hydrogens (tertiary/aromatic N) is 3. The number of aryl methyl sites for hydroxylation is 1. The van der Waals surface area contributed by atoms with Gasteiger partial charge in [-0.1, -0.05) is 0 Å². The zero-order chi connectivity index (χ0) is 16.9. The van der Waals surface area contributed by atoms with E-state index in [0.29, 0.717) is 26.3 Å². The van der Waals surface area contributed by atoms with Crippen molar-refractivity contribution in [1.29, 1.82) is 0 Å². The molecule has 1 amide bonds. The fourth-order valence-corrected chi connectivity index (χ4v) is 3.84. The fraction of sp³-hybridized carbons (Fsp3) is 0.750. The molecule has 3 heterocycles. The van der Waals surface area contributed by atoms with Crippen molar-refractivity contribution in [2.24, 2.45) is 0 Å². The minimum Gasteiger partial charge on any atom is -0.390 e. The van der Waals surface area contributed by atoms with Crippen LogP contribution in [-0.2, 0) is 16.1 Å². The number of rotatable bonds is 5. The average Bonchev–Trinajstić information content (AvgIpc) is 2.96. The van der Waals surface area contributed by atoms with E-state index in [1.807, 2.05) is 6.92 Å². The van der Waals surface area contributed by atoms with Crippen LogP contribution in [0.1, 0.15) is 17.1 Å². The van der Waals surface area contributed by atoms with E-state index >= 15 is 0 Å². The zero-order valence-electron chi connectivity index (χ0n) is 14.1. The number of aromatic nitrogens is 1. The Kier molecular flexibility index (Phi) is 6.18. The highest BCUT2D eigenvalue weighted by Gasteiger charge is 2.29. The highest BCUT2D eigenvalue weighted by atomic mass is 32.1. The summed E-state index contributed by atoms with van der Waals surface area (Å²) in [5, 5.41) is 16.5. The summed E-state index contributed by atoms with van der Waals surface area (Å²) in [4.78, 5) is 20.9. The molecule has 2 aliphatic heterocycles. The first-order chi connectivity index (χ1) is 11.6. The maximum Gasteiger partial charge on any atom is 0.234 e. The Morgan fingerprint density at radius 2 is 2.21 bits per heavy atom.